The molecule has 270 valence electrons. The van der Waals surface area contributed by atoms with E-state index < -0.39 is 0 Å². The summed E-state index contributed by atoms with van der Waals surface area (Å²) in [6.07, 6.45) is 0. The van der Waals surface area contributed by atoms with E-state index in [1.807, 2.05) is 0 Å². The molecular formula is C54H39N3. The maximum Gasteiger partial charge on any atom is 0.0583 e. The zero-order valence-electron chi connectivity index (χ0n) is 31.4. The Morgan fingerprint density at radius 3 is 1.33 bits per heavy atom. The Labute approximate surface area is 333 Å². The SMILES string of the molecule is c1ccc(-c2cccc(N(c3ccccc3)c3cc(N(c4ccccc4)c4ccccc4)cc4c3c3ccccc3n4-c3cccc(-c4ccccc4)c3)c2)cc1. The van der Waals surface area contributed by atoms with Gasteiger partial charge in [0.2, 0.25) is 0 Å². The molecule has 0 N–H and O–H groups in total. The maximum absolute atomic E-state index is 2.45. The lowest BCUT2D eigenvalue weighted by Crippen LogP contribution is -2.14. The molecule has 0 saturated carbocycles. The minimum Gasteiger partial charge on any atom is -0.310 e. The van der Waals surface area contributed by atoms with E-state index in [0.717, 1.165) is 56.4 Å². The van der Waals surface area contributed by atoms with Gasteiger partial charge in [0.05, 0.1) is 22.4 Å². The fraction of sp³-hybridized carbons (Fsp3) is 0. The molecular weight excluding hydrogens is 691 g/mol. The van der Waals surface area contributed by atoms with E-state index in [1.54, 1.807) is 0 Å². The van der Waals surface area contributed by atoms with Crippen LogP contribution in [-0.2, 0) is 0 Å². The first-order chi connectivity index (χ1) is 28.3. The highest BCUT2D eigenvalue weighted by atomic mass is 15.2. The van der Waals surface area contributed by atoms with Crippen molar-refractivity contribution in [3.8, 4) is 27.9 Å². The van der Waals surface area contributed by atoms with E-state index in [1.165, 1.54) is 27.5 Å². The van der Waals surface area contributed by atoms with E-state index >= 15 is 0 Å². The number of hydrogen-bond donors (Lipinski definition) is 0. The van der Waals surface area contributed by atoms with Crippen molar-refractivity contribution in [3.05, 3.63) is 237 Å². The summed E-state index contributed by atoms with van der Waals surface area (Å²) in [7, 11) is 0. The molecule has 0 aliphatic carbocycles. The Kier molecular flexibility index (Phi) is 8.86. The second-order valence-corrected chi connectivity index (χ2v) is 14.2. The van der Waals surface area contributed by atoms with Crippen molar-refractivity contribution in [2.75, 3.05) is 9.80 Å². The maximum atomic E-state index is 2.45. The van der Waals surface area contributed by atoms with Gasteiger partial charge in [0.25, 0.3) is 0 Å². The van der Waals surface area contributed by atoms with Crippen molar-refractivity contribution in [3.63, 3.8) is 0 Å². The molecule has 1 heterocycles. The van der Waals surface area contributed by atoms with Crippen molar-refractivity contribution >= 4 is 55.9 Å². The van der Waals surface area contributed by atoms with Gasteiger partial charge in [-0.2, -0.15) is 0 Å². The third-order valence-electron chi connectivity index (χ3n) is 10.7. The van der Waals surface area contributed by atoms with Gasteiger partial charge in [-0.1, -0.05) is 158 Å². The van der Waals surface area contributed by atoms with E-state index in [2.05, 4.69) is 251 Å². The summed E-state index contributed by atoms with van der Waals surface area (Å²) in [5, 5.41) is 2.36. The van der Waals surface area contributed by atoms with Crippen molar-refractivity contribution in [2.45, 2.75) is 0 Å². The molecule has 0 fully saturated rings. The third kappa shape index (κ3) is 6.41. The predicted molar refractivity (Wildman–Crippen MR) is 241 cm³/mol. The lowest BCUT2D eigenvalue weighted by atomic mass is 10.0. The van der Waals surface area contributed by atoms with Gasteiger partial charge in [-0.25, -0.2) is 0 Å². The molecule has 0 atom stereocenters. The zero-order valence-corrected chi connectivity index (χ0v) is 31.4. The molecule has 0 saturated heterocycles. The van der Waals surface area contributed by atoms with Crippen LogP contribution in [0.2, 0.25) is 0 Å². The van der Waals surface area contributed by atoms with Crippen molar-refractivity contribution in [2.24, 2.45) is 0 Å². The number of para-hydroxylation sites is 4. The van der Waals surface area contributed by atoms with E-state index in [0.29, 0.717) is 0 Å². The van der Waals surface area contributed by atoms with Gasteiger partial charge in [-0.05, 0) is 101 Å². The van der Waals surface area contributed by atoms with Crippen LogP contribution in [0.3, 0.4) is 0 Å². The molecule has 0 unspecified atom stereocenters. The molecule has 0 aliphatic heterocycles. The second-order valence-electron chi connectivity index (χ2n) is 14.2. The highest BCUT2D eigenvalue weighted by Gasteiger charge is 2.25. The molecule has 3 heteroatoms. The lowest BCUT2D eigenvalue weighted by molar-refractivity contribution is 1.17. The molecule has 9 aromatic carbocycles. The topological polar surface area (TPSA) is 11.4 Å². The summed E-state index contributed by atoms with van der Waals surface area (Å²) in [5.41, 5.74) is 14.5. The average Bonchev–Trinajstić information content (AvgIpc) is 3.63. The Hall–Kier alpha value is -7.62. The molecule has 0 spiro atoms. The van der Waals surface area contributed by atoms with Crippen LogP contribution in [-0.4, -0.2) is 4.57 Å². The van der Waals surface area contributed by atoms with Crippen LogP contribution in [0, 0.1) is 0 Å². The number of benzene rings is 9. The summed E-state index contributed by atoms with van der Waals surface area (Å²) in [6.45, 7) is 0. The van der Waals surface area contributed by atoms with Crippen LogP contribution >= 0.6 is 0 Å². The highest BCUT2D eigenvalue weighted by Crippen LogP contribution is 2.48. The van der Waals surface area contributed by atoms with E-state index in [-0.39, 0.29) is 0 Å². The molecule has 57 heavy (non-hydrogen) atoms. The largest absolute Gasteiger partial charge is 0.310 e. The Morgan fingerprint density at radius 1 is 0.281 bits per heavy atom. The molecule has 10 rings (SSSR count). The number of fused-ring (bicyclic) bond motifs is 3. The minimum absolute atomic E-state index is 1.05. The normalized spacial score (nSPS) is 11.2. The minimum atomic E-state index is 1.05. The number of nitrogens with zero attached hydrogens (tertiary/aromatic N) is 3. The van der Waals surface area contributed by atoms with Crippen molar-refractivity contribution in [1.82, 2.24) is 4.57 Å². The van der Waals surface area contributed by atoms with Crippen LogP contribution in [0.25, 0.3) is 49.7 Å². The van der Waals surface area contributed by atoms with Gasteiger partial charge in [-0.15, -0.1) is 0 Å². The van der Waals surface area contributed by atoms with Gasteiger partial charge in [-0.3, -0.25) is 0 Å². The van der Waals surface area contributed by atoms with E-state index in [9.17, 15) is 0 Å². The van der Waals surface area contributed by atoms with Gasteiger partial charge in [0.15, 0.2) is 0 Å². The van der Waals surface area contributed by atoms with Gasteiger partial charge in [0, 0.05) is 39.2 Å². The van der Waals surface area contributed by atoms with Crippen LogP contribution in [0.15, 0.2) is 237 Å². The van der Waals surface area contributed by atoms with Crippen molar-refractivity contribution in [1.29, 1.82) is 0 Å². The first-order valence-electron chi connectivity index (χ1n) is 19.4. The molecule has 0 amide bonds. The molecule has 0 aliphatic rings. The van der Waals surface area contributed by atoms with Crippen molar-refractivity contribution < 1.29 is 0 Å². The first-order valence-corrected chi connectivity index (χ1v) is 19.4. The van der Waals surface area contributed by atoms with Gasteiger partial charge in [0.1, 0.15) is 0 Å². The van der Waals surface area contributed by atoms with Gasteiger partial charge < -0.3 is 14.4 Å². The lowest BCUT2D eigenvalue weighted by Gasteiger charge is -2.30. The molecule has 3 nitrogen and oxygen atoms in total. The van der Waals surface area contributed by atoms with Crippen LogP contribution in [0.1, 0.15) is 0 Å². The van der Waals surface area contributed by atoms with E-state index in [4.69, 9.17) is 0 Å². The second kappa shape index (κ2) is 14.9. The van der Waals surface area contributed by atoms with Crippen LogP contribution in [0.5, 0.6) is 0 Å². The summed E-state index contributed by atoms with van der Waals surface area (Å²) in [6, 6.07) is 84.8. The number of rotatable bonds is 9. The fourth-order valence-electron chi connectivity index (χ4n) is 8.16. The summed E-state index contributed by atoms with van der Waals surface area (Å²) in [4.78, 5) is 4.80. The Bertz CT molecular complexity index is 2900. The fourth-order valence-corrected chi connectivity index (χ4v) is 8.16. The Morgan fingerprint density at radius 2 is 0.737 bits per heavy atom. The highest BCUT2D eigenvalue weighted by molar-refractivity contribution is 6.18. The van der Waals surface area contributed by atoms with Gasteiger partial charge >= 0.3 is 0 Å². The Balaban J connectivity index is 1.32. The predicted octanol–water partition coefficient (Wildman–Crippen LogP) is 15.1. The smallest absolute Gasteiger partial charge is 0.0583 e. The number of aromatic nitrogens is 1. The first kappa shape index (κ1) is 33.9. The number of hydrogen-bond acceptors (Lipinski definition) is 2. The summed E-state index contributed by atoms with van der Waals surface area (Å²) >= 11 is 0. The quantitative estimate of drug-likeness (QED) is 0.147. The molecule has 0 radical (unpaired) electrons. The standard InChI is InChI=1S/C54H39N3/c1-6-20-40(21-7-1)42-24-18-32-47(36-42)56(46-30-14-5-15-31-46)52-38-49(55(44-26-10-3-11-27-44)45-28-12-4-13-29-45)39-53-54(52)50-34-16-17-35-51(50)57(53)48-33-19-25-43(37-48)41-22-8-2-9-23-41/h1-39H. The van der Waals surface area contributed by atoms with Crippen LogP contribution in [0.4, 0.5) is 34.1 Å². The molecule has 1 aromatic heterocycles. The molecule has 0 bridgehead atoms. The summed E-state index contributed by atoms with van der Waals surface area (Å²) < 4.78 is 2.45. The zero-order chi connectivity index (χ0) is 38.0. The van der Waals surface area contributed by atoms with Crippen LogP contribution < -0.4 is 9.80 Å². The number of anilines is 6. The average molecular weight is 730 g/mol. The third-order valence-corrected chi connectivity index (χ3v) is 10.7. The summed E-state index contributed by atoms with van der Waals surface area (Å²) in [5.74, 6) is 0. The monoisotopic (exact) mass is 729 g/mol. The molecule has 10 aromatic rings.